The molecule has 5 heterocycles. The molecule has 0 spiro atoms. The van der Waals surface area contributed by atoms with Gasteiger partial charge in [0.15, 0.2) is 0 Å². The quantitative estimate of drug-likeness (QED) is 0.218. The van der Waals surface area contributed by atoms with Crippen molar-refractivity contribution in [1.29, 1.82) is 5.26 Å². The number of ether oxygens (including phenoxy) is 1. The highest BCUT2D eigenvalue weighted by atomic mass is 35.5. The summed E-state index contributed by atoms with van der Waals surface area (Å²) in [6.07, 6.45) is 12.2. The van der Waals surface area contributed by atoms with Crippen LogP contribution in [0.15, 0.2) is 48.9 Å². The molecule has 4 amide bonds. The number of anilines is 2. The van der Waals surface area contributed by atoms with Crippen molar-refractivity contribution in [3.05, 3.63) is 71.0 Å². The van der Waals surface area contributed by atoms with Crippen molar-refractivity contribution in [2.24, 2.45) is 5.92 Å². The van der Waals surface area contributed by atoms with Crippen LogP contribution in [-0.2, 0) is 4.79 Å². The van der Waals surface area contributed by atoms with Crippen LogP contribution in [0, 0.1) is 23.1 Å². The summed E-state index contributed by atoms with van der Waals surface area (Å²) in [5, 5.41) is 20.2. The molecule has 0 bridgehead atoms. The standard InChI is InChI=1S/C40H44ClFN10O4/c41-33-19-31(4-1-26(33)20-43)56-30-5-2-28(3-6-30)47-39(54)34-22-45-37(23-44-34)50-14-7-25(8-15-50)24-49-12-9-29(10-13-49)52-36-18-27(42)17-35(32(36)21-46-52)51-16-11-38(53)48-40(51)55/h1,4,17-19,21-23,25,28-30H,2-3,5-16,24H2,(H,47,54)(H,48,53,55). The number of imide groups is 1. The molecule has 16 heteroatoms. The van der Waals surface area contributed by atoms with E-state index < -0.39 is 11.8 Å². The van der Waals surface area contributed by atoms with Crippen molar-refractivity contribution >= 4 is 51.9 Å². The molecule has 1 saturated carbocycles. The molecule has 0 radical (unpaired) electrons. The number of benzene rings is 2. The Labute approximate surface area is 328 Å². The Morgan fingerprint density at radius 3 is 2.45 bits per heavy atom. The van der Waals surface area contributed by atoms with Crippen LogP contribution in [0.3, 0.4) is 0 Å². The molecule has 2 aromatic heterocycles. The minimum atomic E-state index is -0.544. The zero-order chi connectivity index (χ0) is 38.8. The summed E-state index contributed by atoms with van der Waals surface area (Å²) < 4.78 is 22.8. The second-order valence-corrected chi connectivity index (χ2v) is 15.6. The first-order chi connectivity index (χ1) is 27.2. The number of amides is 4. The Morgan fingerprint density at radius 1 is 0.964 bits per heavy atom. The van der Waals surface area contributed by atoms with Gasteiger partial charge in [-0.05, 0) is 81.5 Å². The van der Waals surface area contributed by atoms with E-state index in [2.05, 4.69) is 41.6 Å². The van der Waals surface area contributed by atoms with Gasteiger partial charge in [0, 0.05) is 63.2 Å². The zero-order valence-corrected chi connectivity index (χ0v) is 31.8. The third kappa shape index (κ3) is 8.27. The number of likely N-dealkylation sites (tertiary alicyclic amines) is 1. The normalized spacial score (nSPS) is 21.5. The van der Waals surface area contributed by atoms with E-state index in [-0.39, 0.29) is 43.0 Å². The van der Waals surface area contributed by atoms with Crippen LogP contribution < -0.4 is 25.2 Å². The van der Waals surface area contributed by atoms with Gasteiger partial charge in [0.05, 0.1) is 52.5 Å². The van der Waals surface area contributed by atoms with Crippen LogP contribution in [0.25, 0.3) is 10.9 Å². The number of halogens is 2. The minimum Gasteiger partial charge on any atom is -0.490 e. The molecule has 2 aromatic carbocycles. The van der Waals surface area contributed by atoms with Crippen LogP contribution in [0.5, 0.6) is 5.75 Å². The monoisotopic (exact) mass is 782 g/mol. The zero-order valence-electron chi connectivity index (χ0n) is 31.0. The summed E-state index contributed by atoms with van der Waals surface area (Å²) >= 11 is 6.14. The predicted octanol–water partition coefficient (Wildman–Crippen LogP) is 5.61. The Kier molecular flexibility index (Phi) is 11.0. The molecule has 0 unspecified atom stereocenters. The highest BCUT2D eigenvalue weighted by Gasteiger charge is 2.30. The molecule has 1 aliphatic carbocycles. The third-order valence-corrected chi connectivity index (χ3v) is 11.9. The summed E-state index contributed by atoms with van der Waals surface area (Å²) in [6.45, 7) is 4.80. The molecule has 4 fully saturated rings. The highest BCUT2D eigenvalue weighted by molar-refractivity contribution is 6.31. The van der Waals surface area contributed by atoms with E-state index in [1.165, 1.54) is 17.0 Å². The Balaban J connectivity index is 0.768. The molecule has 56 heavy (non-hydrogen) atoms. The van der Waals surface area contributed by atoms with E-state index in [1.807, 2.05) is 4.68 Å². The Morgan fingerprint density at radius 2 is 1.75 bits per heavy atom. The van der Waals surface area contributed by atoms with E-state index >= 15 is 0 Å². The number of rotatable bonds is 9. The maximum absolute atomic E-state index is 14.8. The maximum atomic E-state index is 14.8. The van der Waals surface area contributed by atoms with E-state index in [9.17, 15) is 18.8 Å². The van der Waals surface area contributed by atoms with Crippen LogP contribution in [-0.4, -0.2) is 93.9 Å². The molecule has 4 aliphatic rings. The highest BCUT2D eigenvalue weighted by Crippen LogP contribution is 2.34. The molecule has 3 saturated heterocycles. The van der Waals surface area contributed by atoms with E-state index in [1.54, 1.807) is 36.8 Å². The second kappa shape index (κ2) is 16.4. The van der Waals surface area contributed by atoms with Crippen LogP contribution in [0.2, 0.25) is 5.02 Å². The van der Waals surface area contributed by atoms with Gasteiger partial charge in [-0.25, -0.2) is 19.2 Å². The number of nitrogens with zero attached hydrogens (tertiary/aromatic N) is 8. The first-order valence-corrected chi connectivity index (χ1v) is 19.8. The number of hydrogen-bond acceptors (Lipinski definition) is 10. The fraction of sp³-hybridized carbons (Fsp3) is 0.475. The SMILES string of the molecule is N#Cc1ccc(OC2CCC(NC(=O)c3cnc(N4CCC(CN5CCC(n6ncc7c(N8CCC(=O)NC8=O)cc(F)cc76)CC5)CC4)cn3)CC2)cc1Cl. The number of nitrogens with one attached hydrogen (secondary N) is 2. The van der Waals surface area contributed by atoms with Gasteiger partial charge in [0.2, 0.25) is 5.91 Å². The van der Waals surface area contributed by atoms with Crippen LogP contribution in [0.1, 0.15) is 79.9 Å². The van der Waals surface area contributed by atoms with Gasteiger partial charge in [-0.15, -0.1) is 0 Å². The number of carbonyl (C=O) groups excluding carboxylic acids is 3. The fourth-order valence-electron chi connectivity index (χ4n) is 8.50. The summed E-state index contributed by atoms with van der Waals surface area (Å²) in [7, 11) is 0. The van der Waals surface area contributed by atoms with Gasteiger partial charge in [0.25, 0.3) is 5.91 Å². The number of urea groups is 1. The smallest absolute Gasteiger partial charge is 0.328 e. The second-order valence-electron chi connectivity index (χ2n) is 15.2. The number of carbonyl (C=O) groups is 3. The predicted molar refractivity (Wildman–Crippen MR) is 207 cm³/mol. The fourth-order valence-corrected chi connectivity index (χ4v) is 8.71. The molecule has 0 atom stereocenters. The summed E-state index contributed by atoms with van der Waals surface area (Å²) in [5.74, 6) is 0.984. The lowest BCUT2D eigenvalue weighted by molar-refractivity contribution is -0.120. The number of aromatic nitrogens is 4. The summed E-state index contributed by atoms with van der Waals surface area (Å²) in [5.41, 5.74) is 1.81. The van der Waals surface area contributed by atoms with E-state index in [0.29, 0.717) is 44.5 Å². The topological polar surface area (TPSA) is 162 Å². The third-order valence-electron chi connectivity index (χ3n) is 11.6. The summed E-state index contributed by atoms with van der Waals surface area (Å²) in [6, 6.07) is 9.57. The molecule has 3 aliphatic heterocycles. The minimum absolute atomic E-state index is 0.0218. The molecule has 8 rings (SSSR count). The lowest BCUT2D eigenvalue weighted by atomic mass is 9.93. The van der Waals surface area contributed by atoms with Crippen LogP contribution in [0.4, 0.5) is 20.7 Å². The van der Waals surface area contributed by atoms with Crippen molar-refractivity contribution in [3.8, 4) is 11.8 Å². The number of piperidine rings is 2. The molecule has 4 aromatic rings. The van der Waals surface area contributed by atoms with Gasteiger partial charge in [-0.1, -0.05) is 11.6 Å². The van der Waals surface area contributed by atoms with Crippen molar-refractivity contribution in [3.63, 3.8) is 0 Å². The van der Waals surface area contributed by atoms with Crippen LogP contribution >= 0.6 is 11.6 Å². The van der Waals surface area contributed by atoms with Crippen molar-refractivity contribution < 1.29 is 23.5 Å². The average molecular weight is 783 g/mol. The first kappa shape index (κ1) is 37.6. The lowest BCUT2D eigenvalue weighted by Crippen LogP contribution is -2.49. The number of nitriles is 1. The first-order valence-electron chi connectivity index (χ1n) is 19.5. The maximum Gasteiger partial charge on any atom is 0.328 e. The summed E-state index contributed by atoms with van der Waals surface area (Å²) in [4.78, 5) is 52.4. The average Bonchev–Trinajstić information content (AvgIpc) is 3.63. The van der Waals surface area contributed by atoms with Crippen molar-refractivity contribution in [2.45, 2.75) is 76.0 Å². The molecule has 2 N–H and O–H groups in total. The van der Waals surface area contributed by atoms with Gasteiger partial charge < -0.3 is 19.9 Å². The van der Waals surface area contributed by atoms with E-state index in [4.69, 9.17) is 21.6 Å². The Bertz CT molecular complexity index is 2130. The van der Waals surface area contributed by atoms with Crippen molar-refractivity contribution in [2.75, 3.05) is 49.1 Å². The molecule has 14 nitrogen and oxygen atoms in total. The van der Waals surface area contributed by atoms with Gasteiger partial charge in [-0.3, -0.25) is 24.5 Å². The largest absolute Gasteiger partial charge is 0.490 e. The number of fused-ring (bicyclic) bond motifs is 1. The molecular weight excluding hydrogens is 739 g/mol. The molecule has 292 valence electrons. The lowest BCUT2D eigenvalue weighted by Gasteiger charge is -2.38. The van der Waals surface area contributed by atoms with Crippen molar-refractivity contribution in [1.82, 2.24) is 35.3 Å². The van der Waals surface area contributed by atoms with Gasteiger partial charge >= 0.3 is 6.03 Å². The molecular formula is C40H44ClFN10O4. The Hall–Kier alpha value is -5.33. The number of hydrogen-bond donors (Lipinski definition) is 2. The van der Waals surface area contributed by atoms with Gasteiger partial charge in [-0.2, -0.15) is 10.4 Å². The van der Waals surface area contributed by atoms with Gasteiger partial charge in [0.1, 0.15) is 29.1 Å². The van der Waals surface area contributed by atoms with E-state index in [0.717, 1.165) is 89.9 Å².